The topological polar surface area (TPSA) is 49.4 Å². The Morgan fingerprint density at radius 1 is 1.54 bits per heavy atom. The van der Waals surface area contributed by atoms with Crippen molar-refractivity contribution in [1.82, 2.24) is 10.2 Å². The van der Waals surface area contributed by atoms with Crippen molar-refractivity contribution in [2.75, 3.05) is 20.1 Å². The van der Waals surface area contributed by atoms with Gasteiger partial charge in [0, 0.05) is 13.6 Å². The molecule has 13 heavy (non-hydrogen) atoms. The van der Waals surface area contributed by atoms with E-state index in [1.807, 2.05) is 6.92 Å². The van der Waals surface area contributed by atoms with Crippen LogP contribution in [0.25, 0.3) is 0 Å². The third kappa shape index (κ3) is 4.77. The summed E-state index contributed by atoms with van der Waals surface area (Å²) in [6, 6.07) is 0. The number of nitrogens with zero attached hydrogens (tertiary/aromatic N) is 1. The lowest BCUT2D eigenvalue weighted by atomic mass is 10.4. The fraction of sp³-hybridized carbons (Fsp3) is 0.750. The first-order valence-electron chi connectivity index (χ1n) is 4.18. The van der Waals surface area contributed by atoms with Crippen LogP contribution in [0.15, 0.2) is 0 Å². The molecule has 0 aliphatic carbocycles. The van der Waals surface area contributed by atoms with Gasteiger partial charge in [-0.25, -0.2) is 0 Å². The molecule has 0 fully saturated rings. The Morgan fingerprint density at radius 2 is 2.08 bits per heavy atom. The molecule has 0 aromatic rings. The second-order valence-electron chi connectivity index (χ2n) is 2.82. The highest BCUT2D eigenvalue weighted by Gasteiger charge is 2.15. The molecule has 1 N–H and O–H groups in total. The van der Waals surface area contributed by atoms with Gasteiger partial charge in [-0.1, -0.05) is 0 Å². The minimum Gasteiger partial charge on any atom is -0.355 e. The van der Waals surface area contributed by atoms with Crippen LogP contribution in [-0.4, -0.2) is 42.1 Å². The Morgan fingerprint density at radius 3 is 2.46 bits per heavy atom. The highest BCUT2D eigenvalue weighted by molar-refractivity contribution is 7.81. The summed E-state index contributed by atoms with van der Waals surface area (Å²) in [6.45, 7) is 4.19. The Kier molecular flexibility index (Phi) is 5.53. The van der Waals surface area contributed by atoms with Crippen LogP contribution in [0.5, 0.6) is 0 Å². The van der Waals surface area contributed by atoms with Crippen molar-refractivity contribution in [3.05, 3.63) is 0 Å². The standard InChI is InChI=1S/C8H16N2O2S/c1-4-9-7(11)5-10(3)8(12)6(2)13/h6,13H,4-5H2,1-3H3,(H,9,11). The van der Waals surface area contributed by atoms with Gasteiger partial charge in [-0.15, -0.1) is 0 Å². The normalized spacial score (nSPS) is 12.0. The number of carbonyl (C=O) groups is 2. The van der Waals surface area contributed by atoms with Gasteiger partial charge in [0.1, 0.15) is 0 Å². The maximum atomic E-state index is 11.3. The zero-order valence-corrected chi connectivity index (χ0v) is 9.10. The van der Waals surface area contributed by atoms with Crippen molar-refractivity contribution in [2.45, 2.75) is 19.1 Å². The van der Waals surface area contributed by atoms with E-state index in [0.717, 1.165) is 0 Å². The number of rotatable bonds is 4. The predicted molar refractivity (Wildman–Crippen MR) is 54.8 cm³/mol. The molecule has 0 bridgehead atoms. The number of carbonyl (C=O) groups excluding carboxylic acids is 2. The summed E-state index contributed by atoms with van der Waals surface area (Å²) in [5, 5.41) is 2.25. The van der Waals surface area contributed by atoms with E-state index < -0.39 is 0 Å². The van der Waals surface area contributed by atoms with Crippen molar-refractivity contribution < 1.29 is 9.59 Å². The third-order valence-corrected chi connectivity index (χ3v) is 1.71. The molecule has 0 rings (SSSR count). The molecule has 76 valence electrons. The highest BCUT2D eigenvalue weighted by Crippen LogP contribution is 1.97. The molecule has 0 saturated heterocycles. The molecule has 1 atom stereocenters. The second kappa shape index (κ2) is 5.85. The molecular formula is C8H16N2O2S. The largest absolute Gasteiger partial charge is 0.355 e. The first-order chi connectivity index (χ1) is 5.99. The van der Waals surface area contributed by atoms with Crippen LogP contribution in [0.4, 0.5) is 0 Å². The summed E-state index contributed by atoms with van der Waals surface area (Å²) >= 11 is 3.98. The number of hydrogen-bond acceptors (Lipinski definition) is 3. The van der Waals surface area contributed by atoms with Gasteiger partial charge >= 0.3 is 0 Å². The molecule has 0 aliphatic heterocycles. The quantitative estimate of drug-likeness (QED) is 0.628. The SMILES string of the molecule is CCNC(=O)CN(C)C(=O)C(C)S. The maximum Gasteiger partial charge on any atom is 0.239 e. The van der Waals surface area contributed by atoms with Gasteiger partial charge in [-0.3, -0.25) is 9.59 Å². The molecule has 0 aromatic carbocycles. The van der Waals surface area contributed by atoms with Crippen molar-refractivity contribution in [2.24, 2.45) is 0 Å². The number of thiol groups is 1. The first-order valence-corrected chi connectivity index (χ1v) is 4.70. The zero-order valence-electron chi connectivity index (χ0n) is 8.20. The van der Waals surface area contributed by atoms with Crippen LogP contribution in [0.1, 0.15) is 13.8 Å². The van der Waals surface area contributed by atoms with Crippen molar-refractivity contribution in [1.29, 1.82) is 0 Å². The van der Waals surface area contributed by atoms with Crippen molar-refractivity contribution >= 4 is 24.4 Å². The van der Waals surface area contributed by atoms with Crippen LogP contribution >= 0.6 is 12.6 Å². The molecule has 0 heterocycles. The van der Waals surface area contributed by atoms with E-state index in [1.165, 1.54) is 4.90 Å². The first kappa shape index (κ1) is 12.3. The lowest BCUT2D eigenvalue weighted by Gasteiger charge is -2.17. The van der Waals surface area contributed by atoms with Crippen molar-refractivity contribution in [3.8, 4) is 0 Å². The molecule has 2 amide bonds. The Hall–Kier alpha value is -0.710. The van der Waals surface area contributed by atoms with E-state index >= 15 is 0 Å². The molecule has 1 unspecified atom stereocenters. The van der Waals surface area contributed by atoms with Crippen molar-refractivity contribution in [3.63, 3.8) is 0 Å². The Bertz CT molecular complexity index is 195. The third-order valence-electron chi connectivity index (χ3n) is 1.49. The van der Waals surface area contributed by atoms with Gasteiger partial charge < -0.3 is 10.2 Å². The number of likely N-dealkylation sites (N-methyl/N-ethyl adjacent to an activating group) is 2. The lowest BCUT2D eigenvalue weighted by Crippen LogP contribution is -2.40. The molecule has 0 saturated carbocycles. The molecule has 0 radical (unpaired) electrons. The fourth-order valence-electron chi connectivity index (χ4n) is 0.865. The van der Waals surface area contributed by atoms with Crippen LogP contribution < -0.4 is 5.32 Å². The summed E-state index contributed by atoms with van der Waals surface area (Å²) < 4.78 is 0. The van der Waals surface area contributed by atoms with Gasteiger partial charge in [0.15, 0.2) is 0 Å². The number of hydrogen-bond donors (Lipinski definition) is 2. The fourth-order valence-corrected chi connectivity index (χ4v) is 1.06. The summed E-state index contributed by atoms with van der Waals surface area (Å²) in [4.78, 5) is 23.7. The van der Waals surface area contributed by atoms with Gasteiger partial charge in [-0.2, -0.15) is 12.6 Å². The van der Waals surface area contributed by atoms with Crippen LogP contribution in [-0.2, 0) is 9.59 Å². The maximum absolute atomic E-state index is 11.3. The number of nitrogens with one attached hydrogen (secondary N) is 1. The number of amides is 2. The molecule has 0 spiro atoms. The van der Waals surface area contributed by atoms with E-state index in [4.69, 9.17) is 0 Å². The smallest absolute Gasteiger partial charge is 0.239 e. The molecule has 5 heteroatoms. The summed E-state index contributed by atoms with van der Waals surface area (Å²) in [6.07, 6.45) is 0. The van der Waals surface area contributed by atoms with E-state index in [1.54, 1.807) is 14.0 Å². The van der Waals surface area contributed by atoms with Gasteiger partial charge in [-0.05, 0) is 13.8 Å². The van der Waals surface area contributed by atoms with E-state index in [9.17, 15) is 9.59 Å². The van der Waals surface area contributed by atoms with Gasteiger partial charge in [0.2, 0.25) is 11.8 Å². The highest BCUT2D eigenvalue weighted by atomic mass is 32.1. The summed E-state index contributed by atoms with van der Waals surface area (Å²) in [7, 11) is 1.59. The lowest BCUT2D eigenvalue weighted by molar-refractivity contribution is -0.134. The molecular weight excluding hydrogens is 188 g/mol. The average Bonchev–Trinajstić information content (AvgIpc) is 2.03. The van der Waals surface area contributed by atoms with Gasteiger partial charge in [0.05, 0.1) is 11.8 Å². The molecule has 4 nitrogen and oxygen atoms in total. The van der Waals surface area contributed by atoms with E-state index in [2.05, 4.69) is 17.9 Å². The monoisotopic (exact) mass is 204 g/mol. The van der Waals surface area contributed by atoms with E-state index in [-0.39, 0.29) is 23.6 Å². The summed E-state index contributed by atoms with van der Waals surface area (Å²) in [5.74, 6) is -0.290. The van der Waals surface area contributed by atoms with E-state index in [0.29, 0.717) is 6.54 Å². The molecule has 0 aromatic heterocycles. The Balaban J connectivity index is 3.92. The minimum atomic E-state index is -0.362. The van der Waals surface area contributed by atoms with Crippen LogP contribution in [0.3, 0.4) is 0 Å². The predicted octanol–water partition coefficient (Wildman–Crippen LogP) is -0.101. The second-order valence-corrected chi connectivity index (χ2v) is 3.60. The average molecular weight is 204 g/mol. The summed E-state index contributed by atoms with van der Waals surface area (Å²) in [5.41, 5.74) is 0. The van der Waals surface area contributed by atoms with Crippen LogP contribution in [0.2, 0.25) is 0 Å². The van der Waals surface area contributed by atoms with Gasteiger partial charge in [0.25, 0.3) is 0 Å². The van der Waals surface area contributed by atoms with Crippen LogP contribution in [0, 0.1) is 0 Å². The zero-order chi connectivity index (χ0) is 10.4. The Labute approximate surface area is 84.1 Å². The molecule has 0 aliphatic rings. The minimum absolute atomic E-state index is 0.0948.